The summed E-state index contributed by atoms with van der Waals surface area (Å²) in [4.78, 5) is 22.2. The molecule has 0 aromatic rings. The lowest BCUT2D eigenvalue weighted by molar-refractivity contribution is -0.155. The molecule has 11 heavy (non-hydrogen) atoms. The summed E-state index contributed by atoms with van der Waals surface area (Å²) in [5, 5.41) is 0. The molecule has 3 nitrogen and oxygen atoms in total. The molecule has 2 atom stereocenters. The van der Waals surface area contributed by atoms with Gasteiger partial charge >= 0.3 is 0 Å². The van der Waals surface area contributed by atoms with Crippen LogP contribution in [0, 0.1) is 0 Å². The maximum atomic E-state index is 11.2. The van der Waals surface area contributed by atoms with Gasteiger partial charge in [0.2, 0.25) is 0 Å². The highest BCUT2D eigenvalue weighted by Crippen LogP contribution is 2.30. The van der Waals surface area contributed by atoms with Crippen molar-refractivity contribution in [3.8, 4) is 0 Å². The lowest BCUT2D eigenvalue weighted by Crippen LogP contribution is -2.44. The molecule has 1 saturated heterocycles. The average molecular weight is 152 g/mol. The van der Waals surface area contributed by atoms with E-state index in [1.807, 2.05) is 0 Å². The Hall–Kier alpha value is -0.960. The third-order valence-electron chi connectivity index (χ3n) is 2.17. The third kappa shape index (κ3) is 0.775. The van der Waals surface area contributed by atoms with Crippen molar-refractivity contribution >= 4 is 11.6 Å². The van der Waals surface area contributed by atoms with Crippen molar-refractivity contribution in [2.45, 2.75) is 25.0 Å². The van der Waals surface area contributed by atoms with Gasteiger partial charge in [0.1, 0.15) is 11.7 Å². The molecule has 0 aromatic heterocycles. The zero-order chi connectivity index (χ0) is 8.06. The number of hydrogen-bond donors (Lipinski definition) is 0. The molecule has 2 aliphatic rings. The second-order valence-electron chi connectivity index (χ2n) is 3.07. The fourth-order valence-corrected chi connectivity index (χ4v) is 1.38. The Balaban J connectivity index is 2.40. The summed E-state index contributed by atoms with van der Waals surface area (Å²) in [6.07, 6.45) is 2.89. The Labute approximate surface area is 64.0 Å². The molecule has 1 fully saturated rings. The van der Waals surface area contributed by atoms with Crippen molar-refractivity contribution in [2.75, 3.05) is 0 Å². The van der Waals surface area contributed by atoms with E-state index in [0.29, 0.717) is 0 Å². The number of ketones is 2. The van der Waals surface area contributed by atoms with Crippen LogP contribution in [-0.4, -0.2) is 23.3 Å². The topological polar surface area (TPSA) is 43.4 Å². The second kappa shape index (κ2) is 1.80. The van der Waals surface area contributed by atoms with Gasteiger partial charge in [-0.2, -0.15) is 0 Å². The average Bonchev–Trinajstić information content (AvgIpc) is 2.28. The maximum Gasteiger partial charge on any atom is 0.175 e. The molecule has 0 radical (unpaired) electrons. The second-order valence-corrected chi connectivity index (χ2v) is 3.07. The highest BCUT2D eigenvalue weighted by atomic mass is 16.5. The first-order valence-corrected chi connectivity index (χ1v) is 3.55. The first kappa shape index (κ1) is 6.73. The lowest BCUT2D eigenvalue weighted by Gasteiger charge is -2.26. The highest BCUT2D eigenvalue weighted by Gasteiger charge is 2.45. The van der Waals surface area contributed by atoms with Gasteiger partial charge in [-0.3, -0.25) is 9.59 Å². The molecule has 0 unspecified atom stereocenters. The quantitative estimate of drug-likeness (QED) is 0.369. The standard InChI is InChI=1S/C8H8O3/c1-8-3-2-6(11-8)5(9)4-7(8)10/h2-3,6H,4H2,1H3/t6-,8+/m1/s1. The summed E-state index contributed by atoms with van der Waals surface area (Å²) >= 11 is 0. The van der Waals surface area contributed by atoms with Crippen molar-refractivity contribution in [2.24, 2.45) is 0 Å². The largest absolute Gasteiger partial charge is 0.348 e. The number of carbonyl (C=O) groups excluding carboxylic acids is 2. The van der Waals surface area contributed by atoms with Crippen LogP contribution < -0.4 is 0 Å². The van der Waals surface area contributed by atoms with Crippen LogP contribution in [0.25, 0.3) is 0 Å². The molecule has 58 valence electrons. The van der Waals surface area contributed by atoms with Crippen LogP contribution in [0.5, 0.6) is 0 Å². The number of Topliss-reactive ketones (excluding diaryl/α,β-unsaturated/α-hetero) is 2. The molecular weight excluding hydrogens is 144 g/mol. The van der Waals surface area contributed by atoms with E-state index in [1.165, 1.54) is 0 Å². The smallest absolute Gasteiger partial charge is 0.175 e. The van der Waals surface area contributed by atoms with E-state index in [0.717, 1.165) is 0 Å². The van der Waals surface area contributed by atoms with Gasteiger partial charge in [-0.05, 0) is 19.1 Å². The van der Waals surface area contributed by atoms with Crippen molar-refractivity contribution in [3.05, 3.63) is 12.2 Å². The van der Waals surface area contributed by atoms with Crippen LogP contribution in [0.2, 0.25) is 0 Å². The molecule has 0 amide bonds. The minimum atomic E-state index is -0.807. The normalized spacial score (nSPS) is 41.7. The molecule has 2 bridgehead atoms. The maximum absolute atomic E-state index is 11.2. The Morgan fingerprint density at radius 1 is 1.64 bits per heavy atom. The Morgan fingerprint density at radius 3 is 3.09 bits per heavy atom. The summed E-state index contributed by atoms with van der Waals surface area (Å²) in [5.41, 5.74) is -0.807. The monoisotopic (exact) mass is 152 g/mol. The molecule has 0 spiro atoms. The molecular formula is C8H8O3. The molecule has 0 saturated carbocycles. The summed E-state index contributed by atoms with van der Waals surface area (Å²) in [7, 11) is 0. The summed E-state index contributed by atoms with van der Waals surface area (Å²) in [6, 6.07) is 0. The first-order chi connectivity index (χ1) is 5.12. The van der Waals surface area contributed by atoms with E-state index in [9.17, 15) is 9.59 Å². The van der Waals surface area contributed by atoms with E-state index in [2.05, 4.69) is 0 Å². The van der Waals surface area contributed by atoms with E-state index < -0.39 is 11.7 Å². The molecule has 3 heteroatoms. The summed E-state index contributed by atoms with van der Waals surface area (Å²) < 4.78 is 5.20. The van der Waals surface area contributed by atoms with Crippen LogP contribution in [0.1, 0.15) is 13.3 Å². The van der Waals surface area contributed by atoms with Gasteiger partial charge in [-0.15, -0.1) is 0 Å². The van der Waals surface area contributed by atoms with Crippen LogP contribution in [0.4, 0.5) is 0 Å². The van der Waals surface area contributed by atoms with Crippen molar-refractivity contribution in [3.63, 3.8) is 0 Å². The molecule has 0 aromatic carbocycles. The third-order valence-corrected chi connectivity index (χ3v) is 2.17. The number of carbonyl (C=O) groups is 2. The predicted octanol–water partition coefficient (Wildman–Crippen LogP) is 0.242. The lowest BCUT2D eigenvalue weighted by atomic mass is 9.96. The Morgan fingerprint density at radius 2 is 2.36 bits per heavy atom. The fourth-order valence-electron chi connectivity index (χ4n) is 1.38. The van der Waals surface area contributed by atoms with E-state index in [-0.39, 0.29) is 18.0 Å². The highest BCUT2D eigenvalue weighted by molar-refractivity contribution is 6.09. The zero-order valence-corrected chi connectivity index (χ0v) is 6.16. The van der Waals surface area contributed by atoms with Crippen molar-refractivity contribution < 1.29 is 14.3 Å². The zero-order valence-electron chi connectivity index (χ0n) is 6.16. The molecule has 2 aliphatic heterocycles. The van der Waals surface area contributed by atoms with E-state index >= 15 is 0 Å². The van der Waals surface area contributed by atoms with Gasteiger partial charge < -0.3 is 4.74 Å². The molecule has 2 rings (SSSR count). The van der Waals surface area contributed by atoms with E-state index in [1.54, 1.807) is 19.1 Å². The predicted molar refractivity (Wildman–Crippen MR) is 37.0 cm³/mol. The van der Waals surface area contributed by atoms with E-state index in [4.69, 9.17) is 4.74 Å². The van der Waals surface area contributed by atoms with Gasteiger partial charge in [0, 0.05) is 0 Å². The molecule has 0 aliphatic carbocycles. The Bertz CT molecular complexity index is 267. The fraction of sp³-hybridized carbons (Fsp3) is 0.500. The van der Waals surface area contributed by atoms with Crippen molar-refractivity contribution in [1.29, 1.82) is 0 Å². The number of rotatable bonds is 0. The van der Waals surface area contributed by atoms with Crippen LogP contribution in [0.15, 0.2) is 12.2 Å². The minimum Gasteiger partial charge on any atom is -0.348 e. The van der Waals surface area contributed by atoms with Gasteiger partial charge in [0.05, 0.1) is 6.42 Å². The van der Waals surface area contributed by atoms with Gasteiger partial charge in [-0.25, -0.2) is 0 Å². The first-order valence-electron chi connectivity index (χ1n) is 3.55. The Kier molecular flexibility index (Phi) is 1.10. The molecule has 0 N–H and O–H groups in total. The minimum absolute atomic E-state index is 0.0220. The van der Waals surface area contributed by atoms with Crippen LogP contribution in [-0.2, 0) is 14.3 Å². The van der Waals surface area contributed by atoms with Crippen LogP contribution >= 0.6 is 0 Å². The number of ether oxygens (including phenoxy) is 1. The van der Waals surface area contributed by atoms with Crippen LogP contribution in [0.3, 0.4) is 0 Å². The summed E-state index contributed by atoms with van der Waals surface area (Å²) in [6.45, 7) is 1.69. The van der Waals surface area contributed by atoms with Gasteiger partial charge in [0.15, 0.2) is 11.6 Å². The number of fused-ring (bicyclic) bond motifs is 2. The molecule has 2 heterocycles. The van der Waals surface area contributed by atoms with Crippen molar-refractivity contribution in [1.82, 2.24) is 0 Å². The SMILES string of the molecule is C[C@@]12C=C[C@@H](O1)C(=O)CC2=O. The number of hydrogen-bond acceptors (Lipinski definition) is 3. The summed E-state index contributed by atoms with van der Waals surface area (Å²) in [5.74, 6) is -0.256. The van der Waals surface area contributed by atoms with Gasteiger partial charge in [0.25, 0.3) is 0 Å². The van der Waals surface area contributed by atoms with Gasteiger partial charge in [-0.1, -0.05) is 0 Å².